The molecule has 0 aliphatic heterocycles. The molecule has 24 heavy (non-hydrogen) atoms. The van der Waals surface area contributed by atoms with Crippen LogP contribution in [-0.4, -0.2) is 18.6 Å². The number of para-hydroxylation sites is 2. The Hall–Kier alpha value is -2.75. The number of carbonyl (C=O) groups is 1. The van der Waals surface area contributed by atoms with Crippen molar-refractivity contribution in [1.29, 1.82) is 0 Å². The summed E-state index contributed by atoms with van der Waals surface area (Å²) in [6.07, 6.45) is 0.0991. The third-order valence-electron chi connectivity index (χ3n) is 3.10. The highest BCUT2D eigenvalue weighted by Crippen LogP contribution is 2.25. The molecule has 0 spiro atoms. The molecule has 1 N–H and O–H groups in total. The molecule has 0 aliphatic carbocycles. The van der Waals surface area contributed by atoms with Gasteiger partial charge >= 0.3 is 0 Å². The van der Waals surface area contributed by atoms with Crippen molar-refractivity contribution in [2.75, 3.05) is 11.9 Å². The number of nitrogens with one attached hydrogen (secondary N) is 1. The number of carbonyl (C=O) groups excluding carboxylic acids is 1. The highest BCUT2D eigenvalue weighted by atomic mass is 16.5. The molecule has 0 saturated heterocycles. The Morgan fingerprint density at radius 1 is 1.12 bits per heavy atom. The van der Waals surface area contributed by atoms with Crippen molar-refractivity contribution in [3.8, 4) is 11.5 Å². The van der Waals surface area contributed by atoms with E-state index in [9.17, 15) is 4.79 Å². The van der Waals surface area contributed by atoms with Gasteiger partial charge in [-0.2, -0.15) is 0 Å². The molecule has 0 fully saturated rings. The van der Waals surface area contributed by atoms with Gasteiger partial charge in [0.15, 0.2) is 0 Å². The summed E-state index contributed by atoms with van der Waals surface area (Å²) in [5.74, 6) is 1.16. The second-order valence-corrected chi connectivity index (χ2v) is 5.89. The van der Waals surface area contributed by atoms with Crippen LogP contribution in [0.25, 0.3) is 0 Å². The normalized spacial score (nSPS) is 10.3. The molecule has 0 atom stereocenters. The van der Waals surface area contributed by atoms with Crippen LogP contribution in [0.2, 0.25) is 0 Å². The Balaban J connectivity index is 2.08. The zero-order valence-electron chi connectivity index (χ0n) is 14.3. The monoisotopic (exact) mass is 325 g/mol. The van der Waals surface area contributed by atoms with Crippen molar-refractivity contribution in [2.24, 2.45) is 0 Å². The molecule has 0 aromatic heterocycles. The molecule has 0 aliphatic rings. The van der Waals surface area contributed by atoms with Gasteiger partial charge in [0.05, 0.1) is 11.8 Å². The Bertz CT molecular complexity index is 705. The first kappa shape index (κ1) is 17.6. The fourth-order valence-electron chi connectivity index (χ4n) is 2.05. The second kappa shape index (κ2) is 8.20. The maximum Gasteiger partial charge on any atom is 0.255 e. The Labute approximate surface area is 143 Å². The molecule has 0 bridgehead atoms. The summed E-state index contributed by atoms with van der Waals surface area (Å²) in [5.41, 5.74) is 2.10. The first-order valence-corrected chi connectivity index (χ1v) is 7.90. The lowest BCUT2D eigenvalue weighted by atomic mass is 10.2. The van der Waals surface area contributed by atoms with Gasteiger partial charge in [-0.15, -0.1) is 0 Å². The quantitative estimate of drug-likeness (QED) is 0.752. The summed E-state index contributed by atoms with van der Waals surface area (Å²) >= 11 is 0. The molecule has 126 valence electrons. The lowest BCUT2D eigenvalue weighted by molar-refractivity contribution is 0.102. The number of anilines is 1. The van der Waals surface area contributed by atoms with Gasteiger partial charge in [-0.3, -0.25) is 4.79 Å². The van der Waals surface area contributed by atoms with Gasteiger partial charge in [-0.05, 0) is 62.7 Å². The van der Waals surface area contributed by atoms with E-state index in [-0.39, 0.29) is 12.0 Å². The summed E-state index contributed by atoms with van der Waals surface area (Å²) < 4.78 is 11.2. The smallest absolute Gasteiger partial charge is 0.255 e. The molecular formula is C20H23NO3. The highest BCUT2D eigenvalue weighted by Gasteiger charge is 2.10. The number of benzene rings is 2. The largest absolute Gasteiger partial charge is 0.491 e. The number of ether oxygens (including phenoxy) is 2. The summed E-state index contributed by atoms with van der Waals surface area (Å²) in [5, 5.41) is 2.88. The molecule has 1 amide bonds. The molecule has 2 aromatic carbocycles. The summed E-state index contributed by atoms with van der Waals surface area (Å²) in [7, 11) is 0. The van der Waals surface area contributed by atoms with Crippen LogP contribution in [0.4, 0.5) is 5.69 Å². The lowest BCUT2D eigenvalue weighted by Crippen LogP contribution is -2.13. The van der Waals surface area contributed by atoms with E-state index in [2.05, 4.69) is 11.9 Å². The number of hydrogen-bond donors (Lipinski definition) is 1. The van der Waals surface area contributed by atoms with Gasteiger partial charge in [0, 0.05) is 5.56 Å². The first-order chi connectivity index (χ1) is 11.5. The summed E-state index contributed by atoms with van der Waals surface area (Å²) in [6, 6.07) is 14.4. The van der Waals surface area contributed by atoms with Crippen LogP contribution in [0, 0.1) is 0 Å². The summed E-state index contributed by atoms with van der Waals surface area (Å²) in [4.78, 5) is 12.4. The molecule has 0 heterocycles. The van der Waals surface area contributed by atoms with Crippen LogP contribution in [-0.2, 0) is 0 Å². The number of hydrogen-bond acceptors (Lipinski definition) is 3. The molecule has 4 heteroatoms. The van der Waals surface area contributed by atoms with E-state index in [0.29, 0.717) is 23.6 Å². The molecule has 2 rings (SSSR count). The van der Waals surface area contributed by atoms with Crippen molar-refractivity contribution >= 4 is 11.6 Å². The third-order valence-corrected chi connectivity index (χ3v) is 3.10. The van der Waals surface area contributed by atoms with Gasteiger partial charge in [-0.25, -0.2) is 0 Å². The average molecular weight is 325 g/mol. The highest BCUT2D eigenvalue weighted by molar-refractivity contribution is 6.05. The maximum atomic E-state index is 12.4. The van der Waals surface area contributed by atoms with Gasteiger partial charge in [0.2, 0.25) is 0 Å². The first-order valence-electron chi connectivity index (χ1n) is 7.90. The lowest BCUT2D eigenvalue weighted by Gasteiger charge is -2.13. The number of rotatable bonds is 7. The van der Waals surface area contributed by atoms with E-state index >= 15 is 0 Å². The minimum Gasteiger partial charge on any atom is -0.491 e. The molecule has 2 aromatic rings. The summed E-state index contributed by atoms with van der Waals surface area (Å²) in [6.45, 7) is 10.0. The van der Waals surface area contributed by atoms with Crippen LogP contribution in [0.15, 0.2) is 60.7 Å². The fourth-order valence-corrected chi connectivity index (χ4v) is 2.05. The average Bonchev–Trinajstić information content (AvgIpc) is 2.54. The van der Waals surface area contributed by atoms with E-state index < -0.39 is 0 Å². The van der Waals surface area contributed by atoms with Gasteiger partial charge in [0.25, 0.3) is 5.91 Å². The fraction of sp³-hybridized carbons (Fsp3) is 0.250. The van der Waals surface area contributed by atoms with E-state index in [1.54, 1.807) is 24.3 Å². The zero-order chi connectivity index (χ0) is 17.5. The van der Waals surface area contributed by atoms with Crippen LogP contribution in [0.1, 0.15) is 31.1 Å². The van der Waals surface area contributed by atoms with Crippen molar-refractivity contribution in [3.63, 3.8) is 0 Å². The third kappa shape index (κ3) is 5.16. The van der Waals surface area contributed by atoms with Crippen molar-refractivity contribution in [2.45, 2.75) is 26.9 Å². The second-order valence-electron chi connectivity index (χ2n) is 5.89. The van der Waals surface area contributed by atoms with Crippen LogP contribution >= 0.6 is 0 Å². The van der Waals surface area contributed by atoms with E-state index in [4.69, 9.17) is 9.47 Å². The van der Waals surface area contributed by atoms with E-state index in [0.717, 1.165) is 11.3 Å². The van der Waals surface area contributed by atoms with Crippen molar-refractivity contribution in [1.82, 2.24) is 0 Å². The maximum absolute atomic E-state index is 12.4. The molecular weight excluding hydrogens is 302 g/mol. The minimum absolute atomic E-state index is 0.0991. The van der Waals surface area contributed by atoms with E-state index in [1.165, 1.54) is 0 Å². The van der Waals surface area contributed by atoms with Gasteiger partial charge in [-0.1, -0.05) is 18.7 Å². The molecule has 0 saturated carbocycles. The standard InChI is InChI=1S/C20H23NO3/c1-14(2)13-23-19-8-6-5-7-18(19)21-20(22)16-9-11-17(12-10-16)24-15(3)4/h5-12,15H,1,13H2,2-4H3,(H,21,22). The van der Waals surface area contributed by atoms with Crippen molar-refractivity contribution in [3.05, 3.63) is 66.2 Å². The van der Waals surface area contributed by atoms with E-state index in [1.807, 2.05) is 45.0 Å². The topological polar surface area (TPSA) is 47.6 Å². The number of amides is 1. The predicted octanol–water partition coefficient (Wildman–Crippen LogP) is 4.68. The van der Waals surface area contributed by atoms with Gasteiger partial charge in [0.1, 0.15) is 18.1 Å². The molecule has 0 unspecified atom stereocenters. The van der Waals surface area contributed by atoms with Crippen LogP contribution < -0.4 is 14.8 Å². The van der Waals surface area contributed by atoms with Crippen LogP contribution in [0.5, 0.6) is 11.5 Å². The predicted molar refractivity (Wildman–Crippen MR) is 96.9 cm³/mol. The SMILES string of the molecule is C=C(C)COc1ccccc1NC(=O)c1ccc(OC(C)C)cc1. The Morgan fingerprint density at radius 2 is 1.79 bits per heavy atom. The van der Waals surface area contributed by atoms with Gasteiger partial charge < -0.3 is 14.8 Å². The van der Waals surface area contributed by atoms with Crippen molar-refractivity contribution < 1.29 is 14.3 Å². The van der Waals surface area contributed by atoms with Crippen LogP contribution in [0.3, 0.4) is 0 Å². The molecule has 0 radical (unpaired) electrons. The minimum atomic E-state index is -0.197. The molecule has 4 nitrogen and oxygen atoms in total. The Morgan fingerprint density at radius 3 is 2.42 bits per heavy atom. The zero-order valence-corrected chi connectivity index (χ0v) is 14.3. The Kier molecular flexibility index (Phi) is 6.01.